The lowest BCUT2D eigenvalue weighted by Crippen LogP contribution is -2.05. The third kappa shape index (κ3) is 3.79. The second-order valence-electron chi connectivity index (χ2n) is 5.76. The first-order valence-electron chi connectivity index (χ1n) is 8.34. The first-order chi connectivity index (χ1) is 12.7. The Bertz CT molecular complexity index is 979. The predicted molar refractivity (Wildman–Crippen MR) is 104 cm³/mol. The van der Waals surface area contributed by atoms with Crippen LogP contribution in [0.2, 0.25) is 0 Å². The SMILES string of the molecule is CCCCS(=O)CSc1nc(-c2ccccc2)n2c(C)nnc2c1C#N. The molecule has 0 fully saturated rings. The minimum atomic E-state index is -0.940. The summed E-state index contributed by atoms with van der Waals surface area (Å²) in [4.78, 5) is 4.72. The van der Waals surface area contributed by atoms with Gasteiger partial charge in [-0.05, 0) is 13.3 Å². The molecule has 1 aromatic carbocycles. The minimum Gasteiger partial charge on any atom is -0.261 e. The van der Waals surface area contributed by atoms with E-state index >= 15 is 0 Å². The zero-order valence-electron chi connectivity index (χ0n) is 14.7. The van der Waals surface area contributed by atoms with Gasteiger partial charge >= 0.3 is 0 Å². The molecule has 0 radical (unpaired) electrons. The highest BCUT2D eigenvalue weighted by molar-refractivity contribution is 8.10. The van der Waals surface area contributed by atoms with Crippen LogP contribution in [0.25, 0.3) is 17.0 Å². The summed E-state index contributed by atoms with van der Waals surface area (Å²) in [5.41, 5.74) is 1.78. The largest absolute Gasteiger partial charge is 0.261 e. The summed E-state index contributed by atoms with van der Waals surface area (Å²) >= 11 is 1.35. The van der Waals surface area contributed by atoms with E-state index in [4.69, 9.17) is 4.98 Å². The fourth-order valence-electron chi connectivity index (χ4n) is 2.54. The van der Waals surface area contributed by atoms with Gasteiger partial charge in [-0.15, -0.1) is 10.2 Å². The number of aromatic nitrogens is 4. The number of fused-ring (bicyclic) bond motifs is 1. The average Bonchev–Trinajstić information content (AvgIpc) is 3.06. The third-order valence-electron chi connectivity index (χ3n) is 3.88. The molecule has 2 heterocycles. The van der Waals surface area contributed by atoms with E-state index in [1.807, 2.05) is 37.3 Å². The second-order valence-corrected chi connectivity index (χ2v) is 8.67. The monoisotopic (exact) mass is 385 g/mol. The van der Waals surface area contributed by atoms with E-state index in [-0.39, 0.29) is 0 Å². The molecule has 0 aliphatic heterocycles. The Labute approximate surface area is 159 Å². The molecule has 3 aromatic rings. The highest BCUT2D eigenvalue weighted by atomic mass is 32.2. The summed E-state index contributed by atoms with van der Waals surface area (Å²) in [6.45, 7) is 3.91. The number of unbranched alkanes of at least 4 members (excludes halogenated alkanes) is 1. The Balaban J connectivity index is 2.06. The van der Waals surface area contributed by atoms with E-state index in [0.29, 0.717) is 38.7 Å². The number of rotatable bonds is 7. The van der Waals surface area contributed by atoms with Crippen LogP contribution in [0, 0.1) is 18.3 Å². The van der Waals surface area contributed by atoms with Gasteiger partial charge in [0.15, 0.2) is 5.65 Å². The number of hydrogen-bond acceptors (Lipinski definition) is 6. The molecule has 1 unspecified atom stereocenters. The van der Waals surface area contributed by atoms with E-state index in [9.17, 15) is 9.47 Å². The molecular weight excluding hydrogens is 366 g/mol. The summed E-state index contributed by atoms with van der Waals surface area (Å²) in [5, 5.41) is 18.9. The van der Waals surface area contributed by atoms with Gasteiger partial charge in [-0.1, -0.05) is 55.4 Å². The van der Waals surface area contributed by atoms with Gasteiger partial charge in [-0.2, -0.15) is 5.26 Å². The van der Waals surface area contributed by atoms with Crippen LogP contribution in [0.1, 0.15) is 31.2 Å². The zero-order valence-corrected chi connectivity index (χ0v) is 16.3. The Hall–Kier alpha value is -2.24. The van der Waals surface area contributed by atoms with Crippen LogP contribution in [-0.2, 0) is 10.8 Å². The molecule has 0 amide bonds. The lowest BCUT2D eigenvalue weighted by molar-refractivity contribution is 0.682. The molecule has 0 spiro atoms. The van der Waals surface area contributed by atoms with Crippen molar-refractivity contribution in [2.75, 3.05) is 10.8 Å². The molecule has 0 N–H and O–H groups in total. The van der Waals surface area contributed by atoms with Crippen molar-refractivity contribution < 1.29 is 4.21 Å². The summed E-state index contributed by atoms with van der Waals surface area (Å²) in [7, 11) is -0.940. The molecular formula is C18H19N5OS2. The smallest absolute Gasteiger partial charge is 0.183 e. The fraction of sp³-hybridized carbons (Fsp3) is 0.333. The lowest BCUT2D eigenvalue weighted by Gasteiger charge is -2.10. The number of nitrogens with zero attached hydrogens (tertiary/aromatic N) is 5. The minimum absolute atomic E-state index is 0.378. The number of aryl methyl sites for hydroxylation is 1. The van der Waals surface area contributed by atoms with E-state index in [1.54, 1.807) is 4.40 Å². The van der Waals surface area contributed by atoms with Crippen molar-refractivity contribution in [3.05, 3.63) is 41.7 Å². The van der Waals surface area contributed by atoms with Crippen molar-refractivity contribution >= 4 is 28.2 Å². The first-order valence-corrected chi connectivity index (χ1v) is 10.8. The van der Waals surface area contributed by atoms with Gasteiger partial charge in [0.1, 0.15) is 28.3 Å². The third-order valence-corrected chi connectivity index (χ3v) is 6.71. The molecule has 26 heavy (non-hydrogen) atoms. The normalized spacial score (nSPS) is 12.2. The predicted octanol–water partition coefficient (Wildman–Crippen LogP) is 3.57. The topological polar surface area (TPSA) is 83.9 Å². The Kier molecular flexibility index (Phi) is 6.01. The second kappa shape index (κ2) is 8.43. The number of nitriles is 1. The lowest BCUT2D eigenvalue weighted by atomic mass is 10.2. The fourth-order valence-corrected chi connectivity index (χ4v) is 5.03. The molecule has 0 saturated heterocycles. The van der Waals surface area contributed by atoms with Crippen molar-refractivity contribution in [2.24, 2.45) is 0 Å². The van der Waals surface area contributed by atoms with Crippen LogP contribution in [0.4, 0.5) is 0 Å². The van der Waals surface area contributed by atoms with E-state index in [2.05, 4.69) is 23.2 Å². The van der Waals surface area contributed by atoms with E-state index < -0.39 is 10.8 Å². The maximum Gasteiger partial charge on any atom is 0.183 e. The van der Waals surface area contributed by atoms with Crippen LogP contribution in [-0.4, -0.2) is 34.6 Å². The van der Waals surface area contributed by atoms with Crippen molar-refractivity contribution in [1.29, 1.82) is 5.26 Å². The van der Waals surface area contributed by atoms with Crippen LogP contribution in [0.5, 0.6) is 0 Å². The molecule has 2 aromatic heterocycles. The van der Waals surface area contributed by atoms with E-state index in [1.165, 1.54) is 11.8 Å². The maximum atomic E-state index is 12.1. The van der Waals surface area contributed by atoms with Gasteiger partial charge in [0.05, 0.1) is 5.08 Å². The van der Waals surface area contributed by atoms with Gasteiger partial charge in [0, 0.05) is 22.1 Å². The van der Waals surface area contributed by atoms with Gasteiger partial charge in [-0.25, -0.2) is 4.98 Å². The number of hydrogen-bond donors (Lipinski definition) is 0. The summed E-state index contributed by atoms with van der Waals surface area (Å²) < 4.78 is 13.9. The van der Waals surface area contributed by atoms with Gasteiger partial charge in [0.25, 0.3) is 0 Å². The van der Waals surface area contributed by atoms with Crippen LogP contribution < -0.4 is 0 Å². The van der Waals surface area contributed by atoms with Crippen molar-refractivity contribution in [3.63, 3.8) is 0 Å². The number of thioether (sulfide) groups is 1. The quantitative estimate of drug-likeness (QED) is 0.457. The molecule has 0 bridgehead atoms. The summed E-state index contributed by atoms with van der Waals surface area (Å²) in [5.74, 6) is 2.03. The molecule has 0 saturated carbocycles. The molecule has 0 aliphatic rings. The van der Waals surface area contributed by atoms with Crippen molar-refractivity contribution in [3.8, 4) is 17.5 Å². The number of benzene rings is 1. The highest BCUT2D eigenvalue weighted by Gasteiger charge is 2.19. The Morgan fingerprint density at radius 2 is 2.04 bits per heavy atom. The molecule has 134 valence electrons. The van der Waals surface area contributed by atoms with Crippen molar-refractivity contribution in [2.45, 2.75) is 31.7 Å². The zero-order chi connectivity index (χ0) is 18.5. The summed E-state index contributed by atoms with van der Waals surface area (Å²) in [6, 6.07) is 11.9. The van der Waals surface area contributed by atoms with Crippen LogP contribution in [0.15, 0.2) is 35.4 Å². The maximum absolute atomic E-state index is 12.1. The first kappa shape index (κ1) is 18.5. The Morgan fingerprint density at radius 1 is 1.27 bits per heavy atom. The van der Waals surface area contributed by atoms with Gasteiger partial charge in [0.2, 0.25) is 0 Å². The standard InChI is InChI=1S/C18H19N5OS2/c1-3-4-10-26(24)12-25-18-15(11-19)17-22-21-13(2)23(17)16(20-18)14-8-6-5-7-9-14/h5-9H,3-4,10,12H2,1-2H3. The molecule has 0 aliphatic carbocycles. The Morgan fingerprint density at radius 3 is 2.73 bits per heavy atom. The van der Waals surface area contributed by atoms with Crippen molar-refractivity contribution in [1.82, 2.24) is 19.6 Å². The van der Waals surface area contributed by atoms with Crippen LogP contribution in [0.3, 0.4) is 0 Å². The molecule has 3 rings (SSSR count). The highest BCUT2D eigenvalue weighted by Crippen LogP contribution is 2.29. The van der Waals surface area contributed by atoms with E-state index in [0.717, 1.165) is 18.4 Å². The molecule has 8 heteroatoms. The average molecular weight is 386 g/mol. The van der Waals surface area contributed by atoms with Gasteiger partial charge < -0.3 is 0 Å². The molecule has 6 nitrogen and oxygen atoms in total. The van der Waals surface area contributed by atoms with Crippen LogP contribution >= 0.6 is 11.8 Å². The molecule has 1 atom stereocenters. The summed E-state index contributed by atoms with van der Waals surface area (Å²) in [6.07, 6.45) is 1.95. The van der Waals surface area contributed by atoms with Gasteiger partial charge in [-0.3, -0.25) is 8.61 Å².